The van der Waals surface area contributed by atoms with Gasteiger partial charge in [0.25, 0.3) is 0 Å². The molecular weight excluding hydrogens is 244 g/mol. The first-order chi connectivity index (χ1) is 8.93. The van der Waals surface area contributed by atoms with Crippen molar-refractivity contribution in [2.75, 3.05) is 6.61 Å². The highest BCUT2D eigenvalue weighted by atomic mass is 16.5. The zero-order valence-electron chi connectivity index (χ0n) is 15.4. The molecule has 120 valence electrons. The molecule has 0 aromatic heterocycles. The molecule has 1 aliphatic rings. The minimum absolute atomic E-state index is 0.339. The van der Waals surface area contributed by atoms with Crippen LogP contribution in [0.1, 0.15) is 75.2 Å². The van der Waals surface area contributed by atoms with Crippen LogP contribution in [0, 0.1) is 34.5 Å². The third-order valence-corrected chi connectivity index (χ3v) is 5.12. The molecular formula is C19H38O. The monoisotopic (exact) mass is 282 g/mol. The summed E-state index contributed by atoms with van der Waals surface area (Å²) in [5, 5.41) is 0. The Hall–Kier alpha value is -0.0400. The van der Waals surface area contributed by atoms with E-state index < -0.39 is 0 Å². The van der Waals surface area contributed by atoms with Gasteiger partial charge in [0.2, 0.25) is 0 Å². The Morgan fingerprint density at radius 1 is 0.900 bits per heavy atom. The van der Waals surface area contributed by atoms with Crippen molar-refractivity contribution in [3.8, 4) is 0 Å². The number of rotatable bonds is 3. The van der Waals surface area contributed by atoms with E-state index in [0.29, 0.717) is 28.8 Å². The van der Waals surface area contributed by atoms with E-state index in [2.05, 4.69) is 62.3 Å². The number of hydrogen-bond acceptors (Lipinski definition) is 1. The van der Waals surface area contributed by atoms with Gasteiger partial charge in [-0.05, 0) is 47.3 Å². The summed E-state index contributed by atoms with van der Waals surface area (Å²) in [6, 6.07) is 0. The van der Waals surface area contributed by atoms with Crippen molar-refractivity contribution in [1.82, 2.24) is 0 Å². The molecule has 4 unspecified atom stereocenters. The van der Waals surface area contributed by atoms with Crippen molar-refractivity contribution in [2.45, 2.75) is 81.3 Å². The van der Waals surface area contributed by atoms with Crippen LogP contribution < -0.4 is 0 Å². The van der Waals surface area contributed by atoms with Crippen molar-refractivity contribution in [3.05, 3.63) is 0 Å². The van der Waals surface area contributed by atoms with Crippen LogP contribution in [0.2, 0.25) is 0 Å². The van der Waals surface area contributed by atoms with Gasteiger partial charge in [0.1, 0.15) is 0 Å². The van der Waals surface area contributed by atoms with Gasteiger partial charge >= 0.3 is 0 Å². The van der Waals surface area contributed by atoms with E-state index >= 15 is 0 Å². The minimum atomic E-state index is 0.339. The molecule has 1 saturated carbocycles. The lowest BCUT2D eigenvalue weighted by atomic mass is 9.58. The summed E-state index contributed by atoms with van der Waals surface area (Å²) in [5.41, 5.74) is 0.747. The largest absolute Gasteiger partial charge is 0.378 e. The van der Waals surface area contributed by atoms with Crippen molar-refractivity contribution in [3.63, 3.8) is 0 Å². The predicted molar refractivity (Wildman–Crippen MR) is 88.9 cm³/mol. The highest BCUT2D eigenvalue weighted by molar-refractivity contribution is 4.94. The molecule has 1 aliphatic carbocycles. The zero-order chi connectivity index (χ0) is 15.7. The molecule has 1 rings (SSSR count). The lowest BCUT2D eigenvalue weighted by molar-refractivity contribution is -0.0972. The molecule has 0 spiro atoms. The highest BCUT2D eigenvalue weighted by Crippen LogP contribution is 2.49. The number of hydrogen-bond donors (Lipinski definition) is 0. The zero-order valence-corrected chi connectivity index (χ0v) is 15.4. The smallest absolute Gasteiger partial charge is 0.0611 e. The van der Waals surface area contributed by atoms with Gasteiger partial charge in [-0.15, -0.1) is 0 Å². The topological polar surface area (TPSA) is 9.23 Å². The summed E-state index contributed by atoms with van der Waals surface area (Å²) in [7, 11) is 0. The normalized spacial score (nSPS) is 32.7. The first-order valence-corrected chi connectivity index (χ1v) is 8.54. The van der Waals surface area contributed by atoms with E-state index in [1.807, 2.05) is 0 Å². The predicted octanol–water partition coefficient (Wildman–Crippen LogP) is 5.78. The maximum Gasteiger partial charge on any atom is 0.0611 e. The van der Waals surface area contributed by atoms with E-state index in [1.165, 1.54) is 12.8 Å². The Labute approximate surface area is 127 Å². The Bertz CT molecular complexity index is 292. The van der Waals surface area contributed by atoms with Crippen LogP contribution in [0.25, 0.3) is 0 Å². The van der Waals surface area contributed by atoms with Crippen LogP contribution in [-0.2, 0) is 4.74 Å². The summed E-state index contributed by atoms with van der Waals surface area (Å²) in [5.74, 6) is 2.89. The molecule has 1 heteroatoms. The van der Waals surface area contributed by atoms with Gasteiger partial charge in [-0.2, -0.15) is 0 Å². The standard InChI is InChI=1S/C19H38O/c1-13(2)12-20-17-10-14(3)15(18(4,5)6)11-16(17)19(7,8)9/h13-17H,10-12H2,1-9H3. The third-order valence-electron chi connectivity index (χ3n) is 5.12. The Morgan fingerprint density at radius 2 is 1.40 bits per heavy atom. The number of ether oxygens (including phenoxy) is 1. The lowest BCUT2D eigenvalue weighted by Crippen LogP contribution is -2.46. The molecule has 1 fully saturated rings. The molecule has 0 saturated heterocycles. The maximum absolute atomic E-state index is 6.31. The molecule has 4 atom stereocenters. The molecule has 0 amide bonds. The molecule has 20 heavy (non-hydrogen) atoms. The molecule has 0 aliphatic heterocycles. The van der Waals surface area contributed by atoms with Gasteiger partial charge in [0.05, 0.1) is 6.10 Å². The summed E-state index contributed by atoms with van der Waals surface area (Å²) in [6.45, 7) is 22.2. The molecule has 1 nitrogen and oxygen atoms in total. The summed E-state index contributed by atoms with van der Waals surface area (Å²) < 4.78 is 6.31. The Balaban J connectivity index is 2.86. The van der Waals surface area contributed by atoms with Gasteiger partial charge in [0.15, 0.2) is 0 Å². The summed E-state index contributed by atoms with van der Waals surface area (Å²) >= 11 is 0. The van der Waals surface area contributed by atoms with Gasteiger partial charge < -0.3 is 4.74 Å². The van der Waals surface area contributed by atoms with E-state index in [1.54, 1.807) is 0 Å². The first kappa shape index (κ1) is 18.0. The molecule has 0 aromatic carbocycles. The second kappa shape index (κ2) is 6.38. The molecule has 0 bridgehead atoms. The van der Waals surface area contributed by atoms with E-state index in [4.69, 9.17) is 4.74 Å². The van der Waals surface area contributed by atoms with Gasteiger partial charge in [-0.1, -0.05) is 62.3 Å². The van der Waals surface area contributed by atoms with Gasteiger partial charge in [0, 0.05) is 6.61 Å². The third kappa shape index (κ3) is 4.76. The van der Waals surface area contributed by atoms with Crippen LogP contribution in [0.3, 0.4) is 0 Å². The van der Waals surface area contributed by atoms with Gasteiger partial charge in [-0.3, -0.25) is 0 Å². The second-order valence-corrected chi connectivity index (χ2v) is 9.66. The quantitative estimate of drug-likeness (QED) is 0.637. The molecule has 0 N–H and O–H groups in total. The van der Waals surface area contributed by atoms with Crippen LogP contribution in [0.15, 0.2) is 0 Å². The average Bonchev–Trinajstić information content (AvgIpc) is 2.22. The fraction of sp³-hybridized carbons (Fsp3) is 1.00. The van der Waals surface area contributed by atoms with Crippen molar-refractivity contribution in [1.29, 1.82) is 0 Å². The van der Waals surface area contributed by atoms with Crippen LogP contribution in [0.5, 0.6) is 0 Å². The van der Waals surface area contributed by atoms with E-state index in [-0.39, 0.29) is 0 Å². The minimum Gasteiger partial charge on any atom is -0.378 e. The van der Waals surface area contributed by atoms with E-state index in [9.17, 15) is 0 Å². The van der Waals surface area contributed by atoms with Crippen LogP contribution in [0.4, 0.5) is 0 Å². The molecule has 0 heterocycles. The Morgan fingerprint density at radius 3 is 1.80 bits per heavy atom. The summed E-state index contributed by atoms with van der Waals surface area (Å²) in [4.78, 5) is 0. The second-order valence-electron chi connectivity index (χ2n) is 9.66. The van der Waals surface area contributed by atoms with Crippen molar-refractivity contribution < 1.29 is 4.74 Å². The summed E-state index contributed by atoms with van der Waals surface area (Å²) in [6.07, 6.45) is 3.00. The van der Waals surface area contributed by atoms with Gasteiger partial charge in [-0.25, -0.2) is 0 Å². The fourth-order valence-electron chi connectivity index (χ4n) is 3.97. The van der Waals surface area contributed by atoms with Crippen molar-refractivity contribution in [2.24, 2.45) is 34.5 Å². The van der Waals surface area contributed by atoms with Crippen LogP contribution in [-0.4, -0.2) is 12.7 Å². The lowest BCUT2D eigenvalue weighted by Gasteiger charge is -2.49. The highest BCUT2D eigenvalue weighted by Gasteiger charge is 2.44. The molecule has 0 radical (unpaired) electrons. The average molecular weight is 283 g/mol. The SMILES string of the molecule is CC(C)COC1CC(C)C(C(C)(C)C)CC1C(C)(C)C. The Kier molecular flexibility index (Phi) is 5.75. The van der Waals surface area contributed by atoms with Crippen LogP contribution >= 0.6 is 0 Å². The van der Waals surface area contributed by atoms with E-state index in [0.717, 1.165) is 18.4 Å². The van der Waals surface area contributed by atoms with Crippen molar-refractivity contribution >= 4 is 0 Å². The molecule has 0 aromatic rings. The maximum atomic E-state index is 6.31. The first-order valence-electron chi connectivity index (χ1n) is 8.54. The fourth-order valence-corrected chi connectivity index (χ4v) is 3.97.